The standard InChI is InChI=1S/C26H33N5O3/c32-26(20-4-5-23-24(14-20)34-18-33-23)28-15-22-13-19-6-8-31(22)17-21(19)16-29-9-11-30(12-10-29)25-3-1-2-7-27-25/h1-5,7,14,19,21-22H,6,8-13,15-18H2,(H,28,32). The highest BCUT2D eigenvalue weighted by Crippen LogP contribution is 2.37. The van der Waals surface area contributed by atoms with E-state index in [1.54, 1.807) is 12.1 Å². The summed E-state index contributed by atoms with van der Waals surface area (Å²) in [6.07, 6.45) is 4.34. The van der Waals surface area contributed by atoms with Crippen LogP contribution in [0.4, 0.5) is 5.82 Å². The molecule has 7 rings (SSSR count). The number of piperazine rings is 1. The van der Waals surface area contributed by atoms with Crippen LogP contribution in [0.2, 0.25) is 0 Å². The first-order chi connectivity index (χ1) is 16.7. The van der Waals surface area contributed by atoms with E-state index in [1.165, 1.54) is 19.4 Å². The van der Waals surface area contributed by atoms with Gasteiger partial charge in [0.05, 0.1) is 0 Å². The van der Waals surface area contributed by atoms with E-state index < -0.39 is 0 Å². The molecule has 0 radical (unpaired) electrons. The van der Waals surface area contributed by atoms with Crippen molar-refractivity contribution in [3.63, 3.8) is 0 Å². The number of pyridine rings is 1. The summed E-state index contributed by atoms with van der Waals surface area (Å²) in [7, 11) is 0. The van der Waals surface area contributed by atoms with Gasteiger partial charge in [0.25, 0.3) is 5.91 Å². The van der Waals surface area contributed by atoms with E-state index in [-0.39, 0.29) is 12.7 Å². The summed E-state index contributed by atoms with van der Waals surface area (Å²) >= 11 is 0. The lowest BCUT2D eigenvalue weighted by atomic mass is 9.75. The quantitative estimate of drug-likeness (QED) is 0.703. The Kier molecular flexibility index (Phi) is 6.01. The van der Waals surface area contributed by atoms with Crippen molar-refractivity contribution in [1.82, 2.24) is 20.1 Å². The maximum atomic E-state index is 12.7. The minimum atomic E-state index is -0.0386. The fourth-order valence-corrected chi connectivity index (χ4v) is 6.05. The number of anilines is 1. The molecule has 4 fully saturated rings. The van der Waals surface area contributed by atoms with Gasteiger partial charge in [-0.1, -0.05) is 6.07 Å². The molecule has 1 amide bonds. The van der Waals surface area contributed by atoms with Gasteiger partial charge in [-0.05, 0) is 61.6 Å². The van der Waals surface area contributed by atoms with Gasteiger partial charge in [0.15, 0.2) is 11.5 Å². The number of hydrogen-bond acceptors (Lipinski definition) is 7. The zero-order chi connectivity index (χ0) is 22.9. The van der Waals surface area contributed by atoms with E-state index in [0.29, 0.717) is 29.6 Å². The Morgan fingerprint density at radius 3 is 2.74 bits per heavy atom. The Morgan fingerprint density at radius 2 is 1.94 bits per heavy atom. The van der Waals surface area contributed by atoms with Gasteiger partial charge < -0.3 is 19.7 Å². The van der Waals surface area contributed by atoms with Gasteiger partial charge >= 0.3 is 0 Å². The molecule has 4 saturated heterocycles. The average molecular weight is 464 g/mol. The van der Waals surface area contributed by atoms with Crippen LogP contribution in [0.5, 0.6) is 11.5 Å². The van der Waals surface area contributed by atoms with Crippen molar-refractivity contribution in [2.45, 2.75) is 18.9 Å². The largest absolute Gasteiger partial charge is 0.454 e. The lowest BCUT2D eigenvalue weighted by Gasteiger charge is -2.51. The Hall–Kier alpha value is -2.84. The predicted molar refractivity (Wildman–Crippen MR) is 129 cm³/mol. The molecule has 8 heteroatoms. The summed E-state index contributed by atoms with van der Waals surface area (Å²) in [4.78, 5) is 24.9. The first kappa shape index (κ1) is 21.7. The van der Waals surface area contributed by atoms with Crippen LogP contribution in [0.25, 0.3) is 0 Å². The van der Waals surface area contributed by atoms with E-state index in [4.69, 9.17) is 9.47 Å². The van der Waals surface area contributed by atoms with Crippen LogP contribution in [0.15, 0.2) is 42.6 Å². The van der Waals surface area contributed by atoms with Gasteiger partial charge in [0, 0.05) is 63.6 Å². The second-order valence-electron chi connectivity index (χ2n) is 9.95. The number of rotatable bonds is 6. The third-order valence-corrected chi connectivity index (χ3v) is 7.99. The van der Waals surface area contributed by atoms with Crippen molar-refractivity contribution in [2.24, 2.45) is 11.8 Å². The maximum absolute atomic E-state index is 12.7. The van der Waals surface area contributed by atoms with Crippen LogP contribution < -0.4 is 19.7 Å². The molecule has 5 aliphatic rings. The van der Waals surface area contributed by atoms with Crippen LogP contribution in [-0.4, -0.2) is 85.9 Å². The van der Waals surface area contributed by atoms with Gasteiger partial charge in [-0.3, -0.25) is 14.6 Å². The minimum absolute atomic E-state index is 0.0386. The second kappa shape index (κ2) is 9.43. The fraction of sp³-hybridized carbons (Fsp3) is 0.538. The lowest BCUT2D eigenvalue weighted by molar-refractivity contribution is -0.0120. The SMILES string of the molecule is O=C(NCC1CC2CCN1CC2CN1CCN(c2ccccn2)CC1)c1ccc2c(c1)OCO2. The Bertz CT molecular complexity index is 1010. The molecule has 1 N–H and O–H groups in total. The molecule has 4 atom stereocenters. The van der Waals surface area contributed by atoms with E-state index >= 15 is 0 Å². The maximum Gasteiger partial charge on any atom is 0.251 e. The molecule has 1 aromatic carbocycles. The second-order valence-corrected chi connectivity index (χ2v) is 9.95. The molecule has 2 bridgehead atoms. The third kappa shape index (κ3) is 4.44. The molecule has 180 valence electrons. The summed E-state index contributed by atoms with van der Waals surface area (Å²) in [6, 6.07) is 12.0. The summed E-state index contributed by atoms with van der Waals surface area (Å²) < 4.78 is 10.7. The zero-order valence-corrected chi connectivity index (χ0v) is 19.6. The number of carbonyl (C=O) groups excluding carboxylic acids is 1. The van der Waals surface area contributed by atoms with Crippen molar-refractivity contribution in [3.8, 4) is 11.5 Å². The van der Waals surface area contributed by atoms with Crippen molar-refractivity contribution in [2.75, 3.05) is 64.1 Å². The highest BCUT2D eigenvalue weighted by molar-refractivity contribution is 5.94. The summed E-state index contributed by atoms with van der Waals surface area (Å²) in [5, 5.41) is 3.16. The summed E-state index contributed by atoms with van der Waals surface area (Å²) in [5.74, 6) is 3.90. The van der Waals surface area contributed by atoms with Crippen molar-refractivity contribution < 1.29 is 14.3 Å². The van der Waals surface area contributed by atoms with Gasteiger partial charge in [-0.2, -0.15) is 0 Å². The number of hydrogen-bond donors (Lipinski definition) is 1. The lowest BCUT2D eigenvalue weighted by Crippen LogP contribution is -2.59. The van der Waals surface area contributed by atoms with Crippen molar-refractivity contribution in [1.29, 1.82) is 0 Å². The smallest absolute Gasteiger partial charge is 0.251 e. The molecule has 34 heavy (non-hydrogen) atoms. The molecule has 4 unspecified atom stereocenters. The van der Waals surface area contributed by atoms with Gasteiger partial charge in [-0.25, -0.2) is 4.98 Å². The van der Waals surface area contributed by atoms with Crippen LogP contribution >= 0.6 is 0 Å². The van der Waals surface area contributed by atoms with Crippen LogP contribution in [0.1, 0.15) is 23.2 Å². The van der Waals surface area contributed by atoms with Crippen molar-refractivity contribution >= 4 is 11.7 Å². The normalized spacial score (nSPS) is 28.2. The average Bonchev–Trinajstić information content (AvgIpc) is 3.37. The van der Waals surface area contributed by atoms with Crippen LogP contribution in [-0.2, 0) is 0 Å². The number of nitrogens with zero attached hydrogens (tertiary/aromatic N) is 4. The number of nitrogens with one attached hydrogen (secondary N) is 1. The molecule has 0 saturated carbocycles. The van der Waals surface area contributed by atoms with Gasteiger partial charge in [0.1, 0.15) is 5.82 Å². The molecular weight excluding hydrogens is 430 g/mol. The van der Waals surface area contributed by atoms with Gasteiger partial charge in [0.2, 0.25) is 6.79 Å². The molecule has 2 aromatic rings. The number of carbonyl (C=O) groups is 1. The number of piperidine rings is 3. The fourth-order valence-electron chi connectivity index (χ4n) is 6.05. The van der Waals surface area contributed by atoms with Crippen LogP contribution in [0, 0.1) is 11.8 Å². The van der Waals surface area contributed by atoms with Crippen molar-refractivity contribution in [3.05, 3.63) is 48.2 Å². The molecular formula is C26H33N5O3. The molecule has 6 heterocycles. The Balaban J connectivity index is 0.979. The number of ether oxygens (including phenoxy) is 2. The van der Waals surface area contributed by atoms with E-state index in [2.05, 4.69) is 37.1 Å². The van der Waals surface area contributed by atoms with Crippen LogP contribution in [0.3, 0.4) is 0 Å². The number of amides is 1. The van der Waals surface area contributed by atoms with E-state index in [1.807, 2.05) is 18.3 Å². The predicted octanol–water partition coefficient (Wildman–Crippen LogP) is 2.07. The van der Waals surface area contributed by atoms with E-state index in [0.717, 1.165) is 56.9 Å². The highest BCUT2D eigenvalue weighted by atomic mass is 16.7. The molecule has 5 aliphatic heterocycles. The molecule has 1 aromatic heterocycles. The Labute approximate surface area is 200 Å². The summed E-state index contributed by atoms with van der Waals surface area (Å²) in [6.45, 7) is 8.73. The molecule has 0 spiro atoms. The Morgan fingerprint density at radius 1 is 1.06 bits per heavy atom. The van der Waals surface area contributed by atoms with E-state index in [9.17, 15) is 4.79 Å². The van der Waals surface area contributed by atoms with Gasteiger partial charge in [-0.15, -0.1) is 0 Å². The monoisotopic (exact) mass is 463 g/mol. The highest BCUT2D eigenvalue weighted by Gasteiger charge is 2.40. The first-order valence-electron chi connectivity index (χ1n) is 12.5. The third-order valence-electron chi connectivity index (χ3n) is 7.99. The zero-order valence-electron chi connectivity index (χ0n) is 19.6. The number of benzene rings is 1. The minimum Gasteiger partial charge on any atom is -0.454 e. The first-order valence-corrected chi connectivity index (χ1v) is 12.5. The number of aromatic nitrogens is 1. The molecule has 8 nitrogen and oxygen atoms in total. The molecule has 0 aliphatic carbocycles. The topological polar surface area (TPSA) is 70.2 Å². The summed E-state index contributed by atoms with van der Waals surface area (Å²) in [5.41, 5.74) is 0.628. The number of fused-ring (bicyclic) bond motifs is 4.